The summed E-state index contributed by atoms with van der Waals surface area (Å²) in [7, 11) is 1.62. The molecule has 0 bridgehead atoms. The number of carbonyl (C=O) groups excluding carboxylic acids is 1. The molecule has 0 spiro atoms. The summed E-state index contributed by atoms with van der Waals surface area (Å²) >= 11 is 0. The molecule has 0 aliphatic rings. The van der Waals surface area contributed by atoms with E-state index >= 15 is 0 Å². The van der Waals surface area contributed by atoms with E-state index in [1.165, 1.54) is 0 Å². The predicted octanol–water partition coefficient (Wildman–Crippen LogP) is 2.19. The van der Waals surface area contributed by atoms with E-state index in [9.17, 15) is 4.79 Å². The quantitative estimate of drug-likeness (QED) is 0.837. The highest BCUT2D eigenvalue weighted by Gasteiger charge is 2.15. The molecule has 1 aromatic heterocycles. The first-order chi connectivity index (χ1) is 9.24. The number of aromatic nitrogens is 2. The summed E-state index contributed by atoms with van der Waals surface area (Å²) in [6.07, 6.45) is 2.11. The van der Waals surface area contributed by atoms with Crippen molar-refractivity contribution in [1.29, 1.82) is 0 Å². The van der Waals surface area contributed by atoms with Gasteiger partial charge in [-0.1, -0.05) is 12.1 Å². The zero-order valence-corrected chi connectivity index (χ0v) is 11.0. The average Bonchev–Trinajstić information content (AvgIpc) is 2.87. The van der Waals surface area contributed by atoms with Gasteiger partial charge in [0.25, 0.3) is 0 Å². The molecule has 1 N–H and O–H groups in total. The number of aromatic amines is 1. The van der Waals surface area contributed by atoms with E-state index in [1.807, 2.05) is 24.3 Å². The van der Waals surface area contributed by atoms with Crippen molar-refractivity contribution in [3.05, 3.63) is 47.3 Å². The Kier molecular flexibility index (Phi) is 4.18. The maximum absolute atomic E-state index is 11.7. The third kappa shape index (κ3) is 3.13. The Morgan fingerprint density at radius 1 is 1.42 bits per heavy atom. The number of nitrogens with one attached hydrogen (secondary N) is 1. The van der Waals surface area contributed by atoms with Crippen molar-refractivity contribution in [2.45, 2.75) is 13.3 Å². The van der Waals surface area contributed by atoms with Crippen LogP contribution in [-0.2, 0) is 11.2 Å². The molecule has 5 heteroatoms. The van der Waals surface area contributed by atoms with Gasteiger partial charge in [-0.2, -0.15) is 5.10 Å². The van der Waals surface area contributed by atoms with Gasteiger partial charge >= 0.3 is 5.97 Å². The van der Waals surface area contributed by atoms with Crippen LogP contribution in [0.5, 0.6) is 5.75 Å². The molecule has 2 aromatic rings. The zero-order chi connectivity index (χ0) is 13.7. The smallest absolute Gasteiger partial charge is 0.341 e. The molecule has 0 saturated heterocycles. The van der Waals surface area contributed by atoms with E-state index in [-0.39, 0.29) is 5.97 Å². The maximum atomic E-state index is 11.7. The van der Waals surface area contributed by atoms with Crippen LogP contribution in [0.1, 0.15) is 28.5 Å². The standard InChI is InChI=1S/C14H16N2O3/c1-3-19-14(17)12-9-15-16-13(12)8-10-5-4-6-11(7-10)18-2/h4-7,9H,3,8H2,1-2H3,(H,15,16). The molecule has 0 amide bonds. The highest BCUT2D eigenvalue weighted by atomic mass is 16.5. The molecule has 2 rings (SSSR count). The zero-order valence-electron chi connectivity index (χ0n) is 11.0. The second-order valence-corrected chi connectivity index (χ2v) is 3.99. The second-order valence-electron chi connectivity index (χ2n) is 3.99. The van der Waals surface area contributed by atoms with Crippen molar-refractivity contribution in [3.63, 3.8) is 0 Å². The second kappa shape index (κ2) is 6.04. The van der Waals surface area contributed by atoms with E-state index in [4.69, 9.17) is 9.47 Å². The first-order valence-electron chi connectivity index (χ1n) is 6.07. The van der Waals surface area contributed by atoms with Crippen LogP contribution in [0, 0.1) is 0 Å². The largest absolute Gasteiger partial charge is 0.497 e. The maximum Gasteiger partial charge on any atom is 0.341 e. The molecule has 19 heavy (non-hydrogen) atoms. The van der Waals surface area contributed by atoms with Crippen molar-refractivity contribution >= 4 is 5.97 Å². The van der Waals surface area contributed by atoms with Crippen LogP contribution in [0.15, 0.2) is 30.5 Å². The normalized spacial score (nSPS) is 10.2. The highest BCUT2D eigenvalue weighted by Crippen LogP contribution is 2.17. The van der Waals surface area contributed by atoms with Crippen LogP contribution in [0.2, 0.25) is 0 Å². The Hall–Kier alpha value is -2.30. The van der Waals surface area contributed by atoms with Crippen LogP contribution < -0.4 is 4.74 Å². The summed E-state index contributed by atoms with van der Waals surface area (Å²) in [6, 6.07) is 7.67. The lowest BCUT2D eigenvalue weighted by atomic mass is 10.1. The molecule has 0 radical (unpaired) electrons. The van der Waals surface area contributed by atoms with Crippen molar-refractivity contribution < 1.29 is 14.3 Å². The van der Waals surface area contributed by atoms with Crippen molar-refractivity contribution in [2.24, 2.45) is 0 Å². The predicted molar refractivity (Wildman–Crippen MR) is 70.3 cm³/mol. The number of hydrogen-bond acceptors (Lipinski definition) is 4. The van der Waals surface area contributed by atoms with Gasteiger partial charge in [0.05, 0.1) is 19.4 Å². The minimum Gasteiger partial charge on any atom is -0.497 e. The van der Waals surface area contributed by atoms with Gasteiger partial charge in [0.2, 0.25) is 0 Å². The fourth-order valence-electron chi connectivity index (χ4n) is 1.81. The van der Waals surface area contributed by atoms with E-state index < -0.39 is 0 Å². The Morgan fingerprint density at radius 2 is 2.26 bits per heavy atom. The van der Waals surface area contributed by atoms with Gasteiger partial charge in [0.1, 0.15) is 11.3 Å². The lowest BCUT2D eigenvalue weighted by molar-refractivity contribution is 0.0525. The SMILES string of the molecule is CCOC(=O)c1c[nH]nc1Cc1cccc(OC)c1. The molecule has 0 aliphatic heterocycles. The summed E-state index contributed by atoms with van der Waals surface area (Å²) in [5, 5.41) is 6.81. The van der Waals surface area contributed by atoms with E-state index in [2.05, 4.69) is 10.2 Å². The van der Waals surface area contributed by atoms with Crippen molar-refractivity contribution in [2.75, 3.05) is 13.7 Å². The van der Waals surface area contributed by atoms with Crippen LogP contribution in [0.25, 0.3) is 0 Å². The van der Waals surface area contributed by atoms with Gasteiger partial charge in [-0.3, -0.25) is 5.10 Å². The topological polar surface area (TPSA) is 64.2 Å². The summed E-state index contributed by atoms with van der Waals surface area (Å²) in [6.45, 7) is 2.13. The van der Waals surface area contributed by atoms with Crippen LogP contribution in [-0.4, -0.2) is 29.9 Å². The number of hydrogen-bond donors (Lipinski definition) is 1. The lowest BCUT2D eigenvalue weighted by Gasteiger charge is -2.04. The first kappa shape index (κ1) is 13.1. The van der Waals surface area contributed by atoms with Gasteiger partial charge in [-0.05, 0) is 24.6 Å². The number of esters is 1. The third-order valence-corrected chi connectivity index (χ3v) is 2.72. The van der Waals surface area contributed by atoms with Gasteiger partial charge in [-0.25, -0.2) is 4.79 Å². The molecular weight excluding hydrogens is 244 g/mol. The van der Waals surface area contributed by atoms with Crippen LogP contribution >= 0.6 is 0 Å². The van der Waals surface area contributed by atoms with E-state index in [0.717, 1.165) is 11.3 Å². The molecule has 1 heterocycles. The molecule has 0 saturated carbocycles. The number of methoxy groups -OCH3 is 1. The van der Waals surface area contributed by atoms with Gasteiger partial charge in [-0.15, -0.1) is 0 Å². The Bertz CT molecular complexity index is 563. The Labute approximate surface area is 111 Å². The van der Waals surface area contributed by atoms with Gasteiger partial charge < -0.3 is 9.47 Å². The van der Waals surface area contributed by atoms with Crippen LogP contribution in [0.4, 0.5) is 0 Å². The number of ether oxygens (including phenoxy) is 2. The summed E-state index contributed by atoms with van der Waals surface area (Å²) in [4.78, 5) is 11.7. The van der Waals surface area contributed by atoms with E-state index in [1.54, 1.807) is 20.2 Å². The fourth-order valence-corrected chi connectivity index (χ4v) is 1.81. The summed E-state index contributed by atoms with van der Waals surface area (Å²) in [5.41, 5.74) is 2.17. The number of H-pyrrole nitrogens is 1. The molecular formula is C14H16N2O3. The molecule has 0 fully saturated rings. The van der Waals surface area contributed by atoms with Gasteiger partial charge in [0, 0.05) is 12.6 Å². The van der Waals surface area contributed by atoms with E-state index in [0.29, 0.717) is 24.3 Å². The molecule has 1 aromatic carbocycles. The number of benzene rings is 1. The van der Waals surface area contributed by atoms with Crippen molar-refractivity contribution in [1.82, 2.24) is 10.2 Å². The summed E-state index contributed by atoms with van der Waals surface area (Å²) in [5.74, 6) is 0.430. The lowest BCUT2D eigenvalue weighted by Crippen LogP contribution is -2.07. The first-order valence-corrected chi connectivity index (χ1v) is 6.07. The Morgan fingerprint density at radius 3 is 3.00 bits per heavy atom. The molecule has 0 unspecified atom stereocenters. The third-order valence-electron chi connectivity index (χ3n) is 2.72. The molecule has 0 aliphatic carbocycles. The number of carbonyl (C=O) groups is 1. The fraction of sp³-hybridized carbons (Fsp3) is 0.286. The van der Waals surface area contributed by atoms with Crippen LogP contribution in [0.3, 0.4) is 0 Å². The monoisotopic (exact) mass is 260 g/mol. The molecule has 100 valence electrons. The molecule has 0 atom stereocenters. The highest BCUT2D eigenvalue weighted by molar-refractivity contribution is 5.90. The van der Waals surface area contributed by atoms with Crippen molar-refractivity contribution in [3.8, 4) is 5.75 Å². The Balaban J connectivity index is 2.19. The number of nitrogens with zero attached hydrogens (tertiary/aromatic N) is 1. The average molecular weight is 260 g/mol. The molecule has 5 nitrogen and oxygen atoms in total. The summed E-state index contributed by atoms with van der Waals surface area (Å²) < 4.78 is 10.2. The minimum atomic E-state index is -0.353. The minimum absolute atomic E-state index is 0.350. The van der Waals surface area contributed by atoms with Gasteiger partial charge in [0.15, 0.2) is 0 Å². The number of rotatable bonds is 5.